The molecule has 1 aliphatic carbocycles. The predicted octanol–water partition coefficient (Wildman–Crippen LogP) is 0.838. The lowest BCUT2D eigenvalue weighted by molar-refractivity contribution is 1.02. The molecule has 4 nitrogen and oxygen atoms in total. The Morgan fingerprint density at radius 1 is 0.846 bits per heavy atom. The number of aromatic nitrogens is 4. The molecule has 13 heavy (non-hydrogen) atoms. The minimum atomic E-state index is 0.801. The van der Waals surface area contributed by atoms with E-state index in [0.717, 1.165) is 28.9 Å². The summed E-state index contributed by atoms with van der Waals surface area (Å²) in [6.07, 6.45) is 7.57. The fourth-order valence-corrected chi connectivity index (χ4v) is 1.60. The highest BCUT2D eigenvalue weighted by molar-refractivity contribution is 5.71. The van der Waals surface area contributed by atoms with E-state index >= 15 is 0 Å². The molecule has 0 aliphatic heterocycles. The van der Waals surface area contributed by atoms with Crippen LogP contribution in [0.2, 0.25) is 0 Å². The monoisotopic (exact) mass is 170 g/mol. The Hall–Kier alpha value is -1.84. The first-order valence-electron chi connectivity index (χ1n) is 4.03. The third-order valence-electron chi connectivity index (χ3n) is 2.21. The zero-order valence-corrected chi connectivity index (χ0v) is 6.81. The van der Waals surface area contributed by atoms with Crippen LogP contribution in [-0.2, 0) is 6.42 Å². The summed E-state index contributed by atoms with van der Waals surface area (Å²) in [6, 6.07) is 0. The number of nitrogens with zero attached hydrogens (tertiary/aromatic N) is 4. The average molecular weight is 170 g/mol. The van der Waals surface area contributed by atoms with Crippen LogP contribution in [0.25, 0.3) is 11.1 Å². The SMILES string of the molecule is c1ncc2c(n1)Cc1ncncc1-2. The molecular weight excluding hydrogens is 164 g/mol. The van der Waals surface area contributed by atoms with Gasteiger partial charge >= 0.3 is 0 Å². The lowest BCUT2D eigenvalue weighted by Crippen LogP contribution is -1.87. The number of rotatable bonds is 0. The molecule has 0 saturated carbocycles. The molecule has 0 amide bonds. The van der Waals surface area contributed by atoms with Gasteiger partial charge < -0.3 is 0 Å². The first-order valence-corrected chi connectivity index (χ1v) is 4.03. The van der Waals surface area contributed by atoms with Gasteiger partial charge in [-0.2, -0.15) is 0 Å². The summed E-state index contributed by atoms with van der Waals surface area (Å²) in [5, 5.41) is 0. The number of hydrogen-bond donors (Lipinski definition) is 0. The summed E-state index contributed by atoms with van der Waals surface area (Å²) in [7, 11) is 0. The molecule has 0 fully saturated rings. The van der Waals surface area contributed by atoms with Crippen LogP contribution >= 0.6 is 0 Å². The normalized spacial score (nSPS) is 12.3. The van der Waals surface area contributed by atoms with Gasteiger partial charge in [0.25, 0.3) is 0 Å². The van der Waals surface area contributed by atoms with Crippen LogP contribution in [0.1, 0.15) is 11.4 Å². The molecule has 0 radical (unpaired) electrons. The van der Waals surface area contributed by atoms with Crippen LogP contribution in [0.15, 0.2) is 25.0 Å². The summed E-state index contributed by atoms with van der Waals surface area (Å²) >= 11 is 0. The highest BCUT2D eigenvalue weighted by atomic mass is 14.9. The molecule has 0 saturated heterocycles. The summed E-state index contributed by atoms with van der Waals surface area (Å²) in [6.45, 7) is 0. The Labute approximate surface area is 74.7 Å². The van der Waals surface area contributed by atoms with E-state index in [1.165, 1.54) is 0 Å². The second-order valence-corrected chi connectivity index (χ2v) is 2.94. The molecule has 3 rings (SSSR count). The Morgan fingerprint density at radius 3 is 1.92 bits per heavy atom. The Kier molecular flexibility index (Phi) is 1.19. The van der Waals surface area contributed by atoms with Crippen molar-refractivity contribution in [3.05, 3.63) is 36.4 Å². The van der Waals surface area contributed by atoms with Gasteiger partial charge in [-0.05, 0) is 0 Å². The zero-order valence-electron chi connectivity index (χ0n) is 6.81. The minimum Gasteiger partial charge on any atom is -0.244 e. The zero-order chi connectivity index (χ0) is 8.67. The van der Waals surface area contributed by atoms with Crippen LogP contribution < -0.4 is 0 Å². The first-order chi connectivity index (χ1) is 6.45. The van der Waals surface area contributed by atoms with Crippen molar-refractivity contribution in [3.63, 3.8) is 0 Å². The van der Waals surface area contributed by atoms with Crippen LogP contribution in [-0.4, -0.2) is 19.9 Å². The molecule has 1 aliphatic rings. The van der Waals surface area contributed by atoms with Crippen LogP contribution in [0.3, 0.4) is 0 Å². The summed E-state index contributed by atoms with van der Waals surface area (Å²) in [4.78, 5) is 16.4. The minimum absolute atomic E-state index is 0.801. The molecule has 0 unspecified atom stereocenters. The van der Waals surface area contributed by atoms with Crippen molar-refractivity contribution in [2.45, 2.75) is 6.42 Å². The van der Waals surface area contributed by atoms with E-state index in [2.05, 4.69) is 19.9 Å². The number of fused-ring (bicyclic) bond motifs is 3. The van der Waals surface area contributed by atoms with Crippen molar-refractivity contribution < 1.29 is 0 Å². The van der Waals surface area contributed by atoms with E-state index < -0.39 is 0 Å². The van der Waals surface area contributed by atoms with Crippen molar-refractivity contribution >= 4 is 0 Å². The van der Waals surface area contributed by atoms with Crippen molar-refractivity contribution in [2.75, 3.05) is 0 Å². The lowest BCUT2D eigenvalue weighted by atomic mass is 10.2. The van der Waals surface area contributed by atoms with Gasteiger partial charge in [0.15, 0.2) is 0 Å². The van der Waals surface area contributed by atoms with Crippen molar-refractivity contribution in [1.82, 2.24) is 19.9 Å². The van der Waals surface area contributed by atoms with Crippen molar-refractivity contribution in [2.24, 2.45) is 0 Å². The van der Waals surface area contributed by atoms with E-state index in [9.17, 15) is 0 Å². The van der Waals surface area contributed by atoms with Gasteiger partial charge in [0, 0.05) is 29.9 Å². The molecule has 2 heterocycles. The molecule has 4 heteroatoms. The predicted molar refractivity (Wildman–Crippen MR) is 45.9 cm³/mol. The van der Waals surface area contributed by atoms with E-state index in [1.54, 1.807) is 12.7 Å². The molecule has 2 aromatic heterocycles. The van der Waals surface area contributed by atoms with Crippen LogP contribution in [0.5, 0.6) is 0 Å². The van der Waals surface area contributed by atoms with Gasteiger partial charge in [0.1, 0.15) is 12.7 Å². The Morgan fingerprint density at radius 2 is 1.38 bits per heavy atom. The third-order valence-corrected chi connectivity index (χ3v) is 2.21. The molecule has 0 atom stereocenters. The Bertz CT molecular complexity index is 423. The van der Waals surface area contributed by atoms with Crippen molar-refractivity contribution in [3.8, 4) is 11.1 Å². The molecule has 0 aromatic carbocycles. The lowest BCUT2D eigenvalue weighted by Gasteiger charge is -1.95. The van der Waals surface area contributed by atoms with Gasteiger partial charge in [0.05, 0.1) is 11.4 Å². The van der Waals surface area contributed by atoms with Gasteiger partial charge in [-0.1, -0.05) is 0 Å². The molecule has 0 bridgehead atoms. The maximum atomic E-state index is 4.20. The summed E-state index contributed by atoms with van der Waals surface area (Å²) in [5.74, 6) is 0. The number of hydrogen-bond acceptors (Lipinski definition) is 4. The summed E-state index contributed by atoms with van der Waals surface area (Å²) < 4.78 is 0. The third kappa shape index (κ3) is 0.853. The van der Waals surface area contributed by atoms with Gasteiger partial charge in [-0.3, -0.25) is 0 Å². The molecule has 0 spiro atoms. The van der Waals surface area contributed by atoms with E-state index in [4.69, 9.17) is 0 Å². The van der Waals surface area contributed by atoms with Gasteiger partial charge in [-0.15, -0.1) is 0 Å². The first kappa shape index (κ1) is 6.65. The summed E-state index contributed by atoms with van der Waals surface area (Å²) in [5.41, 5.74) is 4.23. The second kappa shape index (κ2) is 2.32. The van der Waals surface area contributed by atoms with Gasteiger partial charge in [0.2, 0.25) is 0 Å². The maximum Gasteiger partial charge on any atom is 0.115 e. The van der Waals surface area contributed by atoms with Gasteiger partial charge in [-0.25, -0.2) is 19.9 Å². The maximum absolute atomic E-state index is 4.20. The molecular formula is C9H6N4. The molecule has 2 aromatic rings. The molecule has 62 valence electrons. The standard InChI is InChI=1S/C9H6N4/c1-8-6(2-10-4-12-8)7-3-11-5-13-9(1)7/h2-5H,1H2. The van der Waals surface area contributed by atoms with Crippen molar-refractivity contribution in [1.29, 1.82) is 0 Å². The highest BCUT2D eigenvalue weighted by Crippen LogP contribution is 2.31. The fourth-order valence-electron chi connectivity index (χ4n) is 1.60. The van der Waals surface area contributed by atoms with E-state index in [-0.39, 0.29) is 0 Å². The fraction of sp³-hybridized carbons (Fsp3) is 0.111. The Balaban J connectivity index is 2.32. The van der Waals surface area contributed by atoms with Crippen LogP contribution in [0, 0.1) is 0 Å². The average Bonchev–Trinajstić information content (AvgIpc) is 2.56. The smallest absolute Gasteiger partial charge is 0.115 e. The molecule has 0 N–H and O–H groups in total. The quantitative estimate of drug-likeness (QED) is 0.501. The second-order valence-electron chi connectivity index (χ2n) is 2.94. The topological polar surface area (TPSA) is 51.6 Å². The highest BCUT2D eigenvalue weighted by Gasteiger charge is 2.20. The van der Waals surface area contributed by atoms with E-state index in [1.807, 2.05) is 12.4 Å². The largest absolute Gasteiger partial charge is 0.244 e. The van der Waals surface area contributed by atoms with E-state index in [0.29, 0.717) is 0 Å². The van der Waals surface area contributed by atoms with Crippen LogP contribution in [0.4, 0.5) is 0 Å².